The summed E-state index contributed by atoms with van der Waals surface area (Å²) < 4.78 is 0. The minimum absolute atomic E-state index is 0.0394. The van der Waals surface area contributed by atoms with Crippen LogP contribution in [0.4, 0.5) is 0 Å². The molecule has 4 heteroatoms. The molecule has 1 N–H and O–H groups in total. The second-order valence-electron chi connectivity index (χ2n) is 3.37. The number of hydrogen-bond donors (Lipinski definition) is 1. The minimum Gasteiger partial charge on any atom is -0.349 e. The van der Waals surface area contributed by atoms with E-state index in [-0.39, 0.29) is 16.8 Å². The molecule has 0 saturated heterocycles. The van der Waals surface area contributed by atoms with Gasteiger partial charge in [0.1, 0.15) is 0 Å². The number of rotatable bonds is 3. The maximum absolute atomic E-state index is 11.4. The lowest BCUT2D eigenvalue weighted by Crippen LogP contribution is -2.31. The zero-order chi connectivity index (χ0) is 11.4. The van der Waals surface area contributed by atoms with Crippen LogP contribution in [0.25, 0.3) is 0 Å². The van der Waals surface area contributed by atoms with Crippen LogP contribution in [0.5, 0.6) is 0 Å². The van der Waals surface area contributed by atoms with Gasteiger partial charge in [-0.3, -0.25) is 4.79 Å². The molecule has 0 spiro atoms. The van der Waals surface area contributed by atoms with Gasteiger partial charge in [-0.15, -0.1) is 0 Å². The molecular weight excluding hydrogens is 277 g/mol. The Balaban J connectivity index is 2.73. The zero-order valence-corrected chi connectivity index (χ0v) is 11.0. The molecule has 1 amide bonds. The molecule has 2 unspecified atom stereocenters. The Kier molecular flexibility index (Phi) is 4.61. The van der Waals surface area contributed by atoms with Crippen molar-refractivity contribution in [3.63, 3.8) is 0 Å². The molecule has 0 aliphatic rings. The number of nitrogens with one attached hydrogen (secondary N) is 1. The summed E-state index contributed by atoms with van der Waals surface area (Å²) in [6.45, 7) is 3.70. The van der Waals surface area contributed by atoms with Crippen molar-refractivity contribution in [1.29, 1.82) is 0 Å². The average molecular weight is 291 g/mol. The maximum Gasteiger partial charge on any atom is 0.233 e. The van der Waals surface area contributed by atoms with Gasteiger partial charge in [-0.1, -0.05) is 45.7 Å². The molecule has 1 aromatic carbocycles. The van der Waals surface area contributed by atoms with Gasteiger partial charge in [0.25, 0.3) is 0 Å². The first-order chi connectivity index (χ1) is 7.02. The fourth-order valence-electron chi connectivity index (χ4n) is 1.23. The molecule has 1 aromatic rings. The summed E-state index contributed by atoms with van der Waals surface area (Å²) in [5, 5.41) is 3.54. The van der Waals surface area contributed by atoms with Crippen molar-refractivity contribution in [3.05, 3.63) is 34.9 Å². The molecule has 0 bridgehead atoms. The molecule has 82 valence electrons. The van der Waals surface area contributed by atoms with Crippen molar-refractivity contribution < 1.29 is 4.79 Å². The van der Waals surface area contributed by atoms with Gasteiger partial charge in [0.15, 0.2) is 0 Å². The molecule has 1 rings (SSSR count). The highest BCUT2D eigenvalue weighted by atomic mass is 79.9. The molecule has 2 nitrogen and oxygen atoms in total. The van der Waals surface area contributed by atoms with Gasteiger partial charge in [-0.25, -0.2) is 0 Å². The van der Waals surface area contributed by atoms with Crippen LogP contribution in [0, 0.1) is 0 Å². The normalized spacial score (nSPS) is 14.4. The molecule has 0 heterocycles. The molecule has 2 atom stereocenters. The van der Waals surface area contributed by atoms with Crippen LogP contribution in [0.1, 0.15) is 25.5 Å². The first-order valence-electron chi connectivity index (χ1n) is 4.71. The Hall–Kier alpha value is -0.540. The topological polar surface area (TPSA) is 29.1 Å². The van der Waals surface area contributed by atoms with Gasteiger partial charge in [0.05, 0.1) is 10.9 Å². The fraction of sp³-hybridized carbons (Fsp3) is 0.364. The zero-order valence-electron chi connectivity index (χ0n) is 8.63. The smallest absolute Gasteiger partial charge is 0.233 e. The van der Waals surface area contributed by atoms with Crippen molar-refractivity contribution in [2.24, 2.45) is 0 Å². The van der Waals surface area contributed by atoms with Gasteiger partial charge < -0.3 is 5.32 Å². The summed E-state index contributed by atoms with van der Waals surface area (Å²) in [5.41, 5.74) is 0.931. The predicted octanol–water partition coefficient (Wildman–Crippen LogP) is 3.30. The summed E-state index contributed by atoms with van der Waals surface area (Å²) >= 11 is 9.23. The molecule has 0 fully saturated rings. The van der Waals surface area contributed by atoms with Crippen molar-refractivity contribution in [2.45, 2.75) is 24.7 Å². The predicted molar refractivity (Wildman–Crippen MR) is 66.4 cm³/mol. The highest BCUT2D eigenvalue weighted by Gasteiger charge is 2.14. The standard InChI is InChI=1S/C11H13BrClNO/c1-7(12)11(15)14-8(2)9-5-3-4-6-10(9)13/h3-8H,1-2H3,(H,14,15). The van der Waals surface area contributed by atoms with Crippen LogP contribution in [-0.4, -0.2) is 10.7 Å². The van der Waals surface area contributed by atoms with Crippen molar-refractivity contribution >= 4 is 33.4 Å². The van der Waals surface area contributed by atoms with E-state index in [0.29, 0.717) is 5.02 Å². The molecule has 0 aliphatic carbocycles. The Bertz CT molecular complexity index is 354. The highest BCUT2D eigenvalue weighted by Crippen LogP contribution is 2.22. The van der Waals surface area contributed by atoms with Gasteiger partial charge in [0, 0.05) is 5.02 Å². The fourth-order valence-corrected chi connectivity index (χ4v) is 1.66. The van der Waals surface area contributed by atoms with E-state index >= 15 is 0 Å². The van der Waals surface area contributed by atoms with E-state index in [4.69, 9.17) is 11.6 Å². The minimum atomic E-state index is -0.192. The first-order valence-corrected chi connectivity index (χ1v) is 6.00. The Morgan fingerprint density at radius 1 is 1.40 bits per heavy atom. The maximum atomic E-state index is 11.4. The van der Waals surface area contributed by atoms with Crippen LogP contribution in [0.3, 0.4) is 0 Å². The lowest BCUT2D eigenvalue weighted by atomic mass is 10.1. The van der Waals surface area contributed by atoms with Crippen molar-refractivity contribution in [1.82, 2.24) is 5.32 Å². The van der Waals surface area contributed by atoms with Crippen LogP contribution < -0.4 is 5.32 Å². The lowest BCUT2D eigenvalue weighted by molar-refractivity contribution is -0.120. The Morgan fingerprint density at radius 2 is 2.00 bits per heavy atom. The number of amides is 1. The lowest BCUT2D eigenvalue weighted by Gasteiger charge is -2.16. The molecular formula is C11H13BrClNO. The number of alkyl halides is 1. The largest absolute Gasteiger partial charge is 0.349 e. The second-order valence-corrected chi connectivity index (χ2v) is 5.15. The summed E-state index contributed by atoms with van der Waals surface area (Å²) in [6.07, 6.45) is 0. The van der Waals surface area contributed by atoms with Crippen LogP contribution in [-0.2, 0) is 4.79 Å². The van der Waals surface area contributed by atoms with Crippen molar-refractivity contribution in [2.75, 3.05) is 0 Å². The number of halogens is 2. The number of hydrogen-bond acceptors (Lipinski definition) is 1. The van der Waals surface area contributed by atoms with Crippen LogP contribution in [0.15, 0.2) is 24.3 Å². The summed E-state index contributed by atoms with van der Waals surface area (Å²) in [7, 11) is 0. The van der Waals surface area contributed by atoms with E-state index in [0.717, 1.165) is 5.56 Å². The van der Waals surface area contributed by atoms with E-state index in [1.54, 1.807) is 6.92 Å². The molecule has 15 heavy (non-hydrogen) atoms. The third-order valence-electron chi connectivity index (χ3n) is 2.09. The van der Waals surface area contributed by atoms with E-state index < -0.39 is 0 Å². The second kappa shape index (κ2) is 5.52. The number of carbonyl (C=O) groups excluding carboxylic acids is 1. The van der Waals surface area contributed by atoms with Gasteiger partial charge in [0.2, 0.25) is 5.91 Å². The third kappa shape index (κ3) is 3.50. The van der Waals surface area contributed by atoms with Gasteiger partial charge in [-0.2, -0.15) is 0 Å². The molecule has 0 aliphatic heterocycles. The monoisotopic (exact) mass is 289 g/mol. The molecule has 0 saturated carbocycles. The Morgan fingerprint density at radius 3 is 2.53 bits per heavy atom. The molecule has 0 aromatic heterocycles. The number of benzene rings is 1. The number of carbonyl (C=O) groups is 1. The average Bonchev–Trinajstić information content (AvgIpc) is 2.18. The van der Waals surface area contributed by atoms with E-state index in [9.17, 15) is 4.79 Å². The van der Waals surface area contributed by atoms with E-state index in [2.05, 4.69) is 21.2 Å². The van der Waals surface area contributed by atoms with Crippen LogP contribution >= 0.6 is 27.5 Å². The summed E-state index contributed by atoms with van der Waals surface area (Å²) in [6, 6.07) is 7.42. The van der Waals surface area contributed by atoms with Gasteiger partial charge in [-0.05, 0) is 25.5 Å². The van der Waals surface area contributed by atoms with E-state index in [1.165, 1.54) is 0 Å². The van der Waals surface area contributed by atoms with Crippen LogP contribution in [0.2, 0.25) is 5.02 Å². The van der Waals surface area contributed by atoms with Crippen molar-refractivity contribution in [3.8, 4) is 0 Å². The highest BCUT2D eigenvalue weighted by molar-refractivity contribution is 9.10. The first kappa shape index (κ1) is 12.5. The molecule has 0 radical (unpaired) electrons. The third-order valence-corrected chi connectivity index (χ3v) is 2.85. The quantitative estimate of drug-likeness (QED) is 0.850. The van der Waals surface area contributed by atoms with E-state index in [1.807, 2.05) is 31.2 Å². The summed E-state index contributed by atoms with van der Waals surface area (Å²) in [4.78, 5) is 11.2. The summed E-state index contributed by atoms with van der Waals surface area (Å²) in [5.74, 6) is -0.0394. The van der Waals surface area contributed by atoms with Gasteiger partial charge >= 0.3 is 0 Å². The Labute approximate surface area is 103 Å². The SMILES string of the molecule is CC(Br)C(=O)NC(C)c1ccccc1Cl.